The lowest BCUT2D eigenvalue weighted by Crippen LogP contribution is -2.14. The summed E-state index contributed by atoms with van der Waals surface area (Å²) in [4.78, 5) is 32.1. The van der Waals surface area contributed by atoms with Gasteiger partial charge in [0.1, 0.15) is 5.82 Å². The molecule has 0 fully saturated rings. The van der Waals surface area contributed by atoms with Gasteiger partial charge >= 0.3 is 0 Å². The number of nitrogens with zero attached hydrogens (tertiary/aromatic N) is 2. The van der Waals surface area contributed by atoms with E-state index in [1.165, 1.54) is 6.92 Å². The third-order valence-electron chi connectivity index (χ3n) is 3.36. The Morgan fingerprint density at radius 3 is 2.38 bits per heavy atom. The first kappa shape index (κ1) is 17.6. The van der Waals surface area contributed by atoms with Gasteiger partial charge in [0, 0.05) is 24.6 Å². The number of anilines is 2. The standard InChI is InChI=1S/C18H22N4O2/c1-11(2)7-17-19-9-15(10-20-17)22-18(24)14-6-5-12(3)16(8-14)21-13(4)23/h5-6,8-11H,7H2,1-4H3,(H,21,23)(H,22,24). The first-order valence-corrected chi connectivity index (χ1v) is 7.85. The van der Waals surface area contributed by atoms with Crippen LogP contribution in [0.25, 0.3) is 0 Å². The summed E-state index contributed by atoms with van der Waals surface area (Å²) in [5.41, 5.74) is 2.51. The Morgan fingerprint density at radius 2 is 1.79 bits per heavy atom. The smallest absolute Gasteiger partial charge is 0.255 e. The zero-order chi connectivity index (χ0) is 17.7. The molecule has 2 amide bonds. The molecule has 126 valence electrons. The number of rotatable bonds is 5. The van der Waals surface area contributed by atoms with Crippen molar-refractivity contribution >= 4 is 23.2 Å². The maximum absolute atomic E-state index is 12.3. The van der Waals surface area contributed by atoms with Crippen LogP contribution in [0.4, 0.5) is 11.4 Å². The van der Waals surface area contributed by atoms with E-state index in [4.69, 9.17) is 0 Å². The van der Waals surface area contributed by atoms with E-state index in [0.29, 0.717) is 22.9 Å². The first-order valence-electron chi connectivity index (χ1n) is 7.85. The van der Waals surface area contributed by atoms with Crippen LogP contribution in [0.2, 0.25) is 0 Å². The lowest BCUT2D eigenvalue weighted by Gasteiger charge is -2.10. The van der Waals surface area contributed by atoms with Gasteiger partial charge in [-0.1, -0.05) is 19.9 Å². The average Bonchev–Trinajstić information content (AvgIpc) is 2.50. The van der Waals surface area contributed by atoms with Crippen LogP contribution in [0.15, 0.2) is 30.6 Å². The van der Waals surface area contributed by atoms with Crippen LogP contribution in [-0.4, -0.2) is 21.8 Å². The van der Waals surface area contributed by atoms with E-state index in [9.17, 15) is 9.59 Å². The van der Waals surface area contributed by atoms with E-state index < -0.39 is 0 Å². The number of benzene rings is 1. The maximum Gasteiger partial charge on any atom is 0.255 e. The molecule has 1 aromatic heterocycles. The van der Waals surface area contributed by atoms with E-state index in [-0.39, 0.29) is 11.8 Å². The Hall–Kier alpha value is -2.76. The van der Waals surface area contributed by atoms with Gasteiger partial charge in [0.25, 0.3) is 5.91 Å². The Bertz CT molecular complexity index is 739. The molecule has 1 heterocycles. The van der Waals surface area contributed by atoms with E-state index in [1.54, 1.807) is 30.6 Å². The molecule has 0 spiro atoms. The van der Waals surface area contributed by atoms with Crippen molar-refractivity contribution in [3.8, 4) is 0 Å². The molecule has 0 radical (unpaired) electrons. The Kier molecular flexibility index (Phi) is 5.63. The minimum Gasteiger partial charge on any atom is -0.326 e. The molecule has 0 aliphatic heterocycles. The van der Waals surface area contributed by atoms with Crippen LogP contribution < -0.4 is 10.6 Å². The Balaban J connectivity index is 2.10. The van der Waals surface area contributed by atoms with Gasteiger partial charge in [-0.05, 0) is 30.5 Å². The van der Waals surface area contributed by atoms with Crippen molar-refractivity contribution in [2.45, 2.75) is 34.1 Å². The van der Waals surface area contributed by atoms with E-state index >= 15 is 0 Å². The minimum atomic E-state index is -0.276. The monoisotopic (exact) mass is 326 g/mol. The van der Waals surface area contributed by atoms with Gasteiger partial charge in [-0.3, -0.25) is 9.59 Å². The fourth-order valence-electron chi connectivity index (χ4n) is 2.18. The van der Waals surface area contributed by atoms with Gasteiger partial charge in [0.15, 0.2) is 0 Å². The van der Waals surface area contributed by atoms with Gasteiger partial charge in [-0.15, -0.1) is 0 Å². The predicted octanol–water partition coefficient (Wildman–Crippen LogP) is 3.19. The molecule has 0 saturated carbocycles. The van der Waals surface area contributed by atoms with Gasteiger partial charge in [0.2, 0.25) is 5.91 Å². The van der Waals surface area contributed by atoms with E-state index in [1.807, 2.05) is 6.92 Å². The number of hydrogen-bond acceptors (Lipinski definition) is 4. The summed E-state index contributed by atoms with van der Waals surface area (Å²) in [6.07, 6.45) is 4.00. The van der Waals surface area contributed by atoms with Crippen molar-refractivity contribution < 1.29 is 9.59 Å². The highest BCUT2D eigenvalue weighted by Crippen LogP contribution is 2.18. The molecule has 0 atom stereocenters. The highest BCUT2D eigenvalue weighted by Gasteiger charge is 2.10. The average molecular weight is 326 g/mol. The number of amides is 2. The van der Waals surface area contributed by atoms with E-state index in [2.05, 4.69) is 34.4 Å². The minimum absolute atomic E-state index is 0.176. The number of nitrogens with one attached hydrogen (secondary N) is 2. The molecular formula is C18H22N4O2. The highest BCUT2D eigenvalue weighted by atomic mass is 16.2. The number of aryl methyl sites for hydroxylation is 1. The second-order valence-corrected chi connectivity index (χ2v) is 6.15. The van der Waals surface area contributed by atoms with Crippen molar-refractivity contribution in [3.63, 3.8) is 0 Å². The van der Waals surface area contributed by atoms with Crippen LogP contribution in [0.5, 0.6) is 0 Å². The molecule has 24 heavy (non-hydrogen) atoms. The maximum atomic E-state index is 12.3. The molecule has 0 aliphatic carbocycles. The van der Waals surface area contributed by atoms with Crippen LogP contribution in [0, 0.1) is 12.8 Å². The lowest BCUT2D eigenvalue weighted by atomic mass is 10.1. The van der Waals surface area contributed by atoms with Crippen molar-refractivity contribution in [1.29, 1.82) is 0 Å². The normalized spacial score (nSPS) is 10.5. The molecule has 1 aromatic carbocycles. The molecule has 2 rings (SSSR count). The van der Waals surface area contributed by atoms with Crippen LogP contribution in [-0.2, 0) is 11.2 Å². The highest BCUT2D eigenvalue weighted by molar-refractivity contribution is 6.05. The van der Waals surface area contributed by atoms with Gasteiger partial charge in [0.05, 0.1) is 18.1 Å². The number of aromatic nitrogens is 2. The van der Waals surface area contributed by atoms with Crippen LogP contribution in [0.1, 0.15) is 42.5 Å². The second kappa shape index (κ2) is 7.68. The van der Waals surface area contributed by atoms with Gasteiger partial charge < -0.3 is 10.6 Å². The van der Waals surface area contributed by atoms with E-state index in [0.717, 1.165) is 17.8 Å². The Morgan fingerprint density at radius 1 is 1.12 bits per heavy atom. The van der Waals surface area contributed by atoms with Gasteiger partial charge in [-0.25, -0.2) is 9.97 Å². The predicted molar refractivity (Wildman–Crippen MR) is 94.0 cm³/mol. The zero-order valence-electron chi connectivity index (χ0n) is 14.4. The molecule has 0 aliphatic rings. The van der Waals surface area contributed by atoms with Crippen molar-refractivity contribution in [2.24, 2.45) is 5.92 Å². The number of carbonyl (C=O) groups is 2. The molecular weight excluding hydrogens is 304 g/mol. The van der Waals surface area contributed by atoms with Crippen LogP contribution >= 0.6 is 0 Å². The van der Waals surface area contributed by atoms with Crippen LogP contribution in [0.3, 0.4) is 0 Å². The van der Waals surface area contributed by atoms with Crippen molar-refractivity contribution in [3.05, 3.63) is 47.5 Å². The Labute approximate surface area is 141 Å². The summed E-state index contributed by atoms with van der Waals surface area (Å²) in [7, 11) is 0. The summed E-state index contributed by atoms with van der Waals surface area (Å²) in [5, 5.41) is 5.48. The summed E-state index contributed by atoms with van der Waals surface area (Å²) in [6, 6.07) is 5.16. The fraction of sp³-hybridized carbons (Fsp3) is 0.333. The van der Waals surface area contributed by atoms with Gasteiger partial charge in [-0.2, -0.15) is 0 Å². The van der Waals surface area contributed by atoms with Crippen molar-refractivity contribution in [2.75, 3.05) is 10.6 Å². The third kappa shape index (κ3) is 4.87. The molecule has 2 N–H and O–H groups in total. The zero-order valence-corrected chi connectivity index (χ0v) is 14.4. The molecule has 0 saturated heterocycles. The molecule has 0 bridgehead atoms. The third-order valence-corrected chi connectivity index (χ3v) is 3.36. The molecule has 0 unspecified atom stereocenters. The summed E-state index contributed by atoms with van der Waals surface area (Å²) in [5.74, 6) is 0.781. The quantitative estimate of drug-likeness (QED) is 0.884. The number of carbonyl (C=O) groups excluding carboxylic acids is 2. The lowest BCUT2D eigenvalue weighted by molar-refractivity contribution is -0.114. The SMILES string of the molecule is CC(=O)Nc1cc(C(=O)Nc2cnc(CC(C)C)nc2)ccc1C. The molecule has 6 heteroatoms. The summed E-state index contributed by atoms with van der Waals surface area (Å²) >= 11 is 0. The second-order valence-electron chi connectivity index (χ2n) is 6.15. The molecule has 2 aromatic rings. The summed E-state index contributed by atoms with van der Waals surface area (Å²) < 4.78 is 0. The van der Waals surface area contributed by atoms with Crippen molar-refractivity contribution in [1.82, 2.24) is 9.97 Å². The topological polar surface area (TPSA) is 84.0 Å². The first-order chi connectivity index (χ1) is 11.3. The molecule has 6 nitrogen and oxygen atoms in total. The number of hydrogen-bond donors (Lipinski definition) is 2. The fourth-order valence-corrected chi connectivity index (χ4v) is 2.18. The largest absolute Gasteiger partial charge is 0.326 e. The summed E-state index contributed by atoms with van der Waals surface area (Å²) in [6.45, 7) is 7.50.